The molecule has 1 saturated heterocycles. The van der Waals surface area contributed by atoms with Gasteiger partial charge in [-0.1, -0.05) is 29.8 Å². The first-order chi connectivity index (χ1) is 12.6. The summed E-state index contributed by atoms with van der Waals surface area (Å²) in [5.74, 6) is 0.717. The van der Waals surface area contributed by atoms with Gasteiger partial charge in [-0.25, -0.2) is 0 Å². The van der Waals surface area contributed by atoms with Gasteiger partial charge in [0.2, 0.25) is 5.91 Å². The van der Waals surface area contributed by atoms with Crippen molar-refractivity contribution in [3.63, 3.8) is 0 Å². The van der Waals surface area contributed by atoms with Gasteiger partial charge in [0.05, 0.1) is 29.9 Å². The number of nitrogens with one attached hydrogen (secondary N) is 1. The summed E-state index contributed by atoms with van der Waals surface area (Å²) in [7, 11) is 3.74. The summed E-state index contributed by atoms with van der Waals surface area (Å²) in [5.41, 5.74) is 2.61. The molecule has 1 aliphatic heterocycles. The van der Waals surface area contributed by atoms with Crippen molar-refractivity contribution in [2.45, 2.75) is 6.42 Å². The van der Waals surface area contributed by atoms with Gasteiger partial charge < -0.3 is 19.9 Å². The lowest BCUT2D eigenvalue weighted by molar-refractivity contribution is -0.115. The third-order valence-corrected chi connectivity index (χ3v) is 4.91. The lowest BCUT2D eigenvalue weighted by Gasteiger charge is -2.35. The first-order valence-corrected chi connectivity index (χ1v) is 9.09. The lowest BCUT2D eigenvalue weighted by atomic mass is 10.1. The Balaban J connectivity index is 1.72. The number of likely N-dealkylation sites (N-methyl/N-ethyl adjacent to an activating group) is 1. The molecule has 3 rings (SSSR count). The largest absolute Gasteiger partial charge is 0.497 e. The van der Waals surface area contributed by atoms with Crippen LogP contribution in [0.25, 0.3) is 0 Å². The molecule has 0 radical (unpaired) electrons. The minimum absolute atomic E-state index is 0.0622. The van der Waals surface area contributed by atoms with Crippen LogP contribution in [0.1, 0.15) is 5.56 Å². The lowest BCUT2D eigenvalue weighted by Crippen LogP contribution is -2.44. The molecule has 1 fully saturated rings. The molecule has 0 bridgehead atoms. The number of carbonyl (C=O) groups is 1. The van der Waals surface area contributed by atoms with Crippen molar-refractivity contribution in [1.82, 2.24) is 4.90 Å². The molecule has 0 saturated carbocycles. The molecule has 1 heterocycles. The predicted molar refractivity (Wildman–Crippen MR) is 106 cm³/mol. The highest BCUT2D eigenvalue weighted by atomic mass is 35.5. The summed E-state index contributed by atoms with van der Waals surface area (Å²) in [5, 5.41) is 3.69. The van der Waals surface area contributed by atoms with Gasteiger partial charge in [0.25, 0.3) is 0 Å². The molecule has 0 aromatic heterocycles. The van der Waals surface area contributed by atoms with Gasteiger partial charge in [-0.2, -0.15) is 0 Å². The van der Waals surface area contributed by atoms with Crippen LogP contribution in [0.15, 0.2) is 42.5 Å². The minimum atomic E-state index is -0.0622. The average Bonchev–Trinajstić information content (AvgIpc) is 2.63. The van der Waals surface area contributed by atoms with E-state index in [1.54, 1.807) is 7.11 Å². The fourth-order valence-corrected chi connectivity index (χ4v) is 3.38. The van der Waals surface area contributed by atoms with Crippen LogP contribution in [-0.4, -0.2) is 51.1 Å². The number of piperazine rings is 1. The van der Waals surface area contributed by atoms with Crippen LogP contribution in [0.5, 0.6) is 5.75 Å². The first kappa shape index (κ1) is 18.5. The van der Waals surface area contributed by atoms with Gasteiger partial charge in [-0.3, -0.25) is 4.79 Å². The Morgan fingerprint density at radius 1 is 1.12 bits per heavy atom. The zero-order valence-corrected chi connectivity index (χ0v) is 15.9. The maximum absolute atomic E-state index is 12.5. The maximum Gasteiger partial charge on any atom is 0.228 e. The standard InChI is InChI=1S/C20H24ClN3O2/c1-23-10-12-24(13-11-23)20-17(21)4-3-5-18(20)22-19(25)14-15-6-8-16(26-2)9-7-15/h3-9H,10-14H2,1-2H3,(H,22,25). The SMILES string of the molecule is COc1ccc(CC(=O)Nc2cccc(Cl)c2N2CCN(C)CC2)cc1. The summed E-state index contributed by atoms with van der Waals surface area (Å²) >= 11 is 6.46. The second-order valence-corrected chi connectivity index (χ2v) is 6.91. The highest BCUT2D eigenvalue weighted by molar-refractivity contribution is 6.34. The van der Waals surface area contributed by atoms with E-state index >= 15 is 0 Å². The molecule has 6 heteroatoms. The number of rotatable bonds is 5. The Morgan fingerprint density at radius 2 is 1.81 bits per heavy atom. The number of amides is 1. The third kappa shape index (κ3) is 4.48. The number of para-hydroxylation sites is 1. The normalized spacial score (nSPS) is 15.0. The predicted octanol–water partition coefficient (Wildman–Crippen LogP) is 3.28. The highest BCUT2D eigenvalue weighted by Gasteiger charge is 2.20. The van der Waals surface area contributed by atoms with Crippen molar-refractivity contribution in [1.29, 1.82) is 0 Å². The van der Waals surface area contributed by atoms with Crippen molar-refractivity contribution in [2.75, 3.05) is 50.6 Å². The van der Waals surface area contributed by atoms with E-state index < -0.39 is 0 Å². The van der Waals surface area contributed by atoms with Crippen LogP contribution in [0.2, 0.25) is 5.02 Å². The molecule has 2 aromatic carbocycles. The van der Waals surface area contributed by atoms with Crippen molar-refractivity contribution in [3.8, 4) is 5.75 Å². The van der Waals surface area contributed by atoms with Crippen LogP contribution in [0.3, 0.4) is 0 Å². The zero-order valence-electron chi connectivity index (χ0n) is 15.2. The number of anilines is 2. The summed E-state index contributed by atoms with van der Waals surface area (Å²) in [6, 6.07) is 13.2. The van der Waals surface area contributed by atoms with Crippen molar-refractivity contribution < 1.29 is 9.53 Å². The smallest absolute Gasteiger partial charge is 0.228 e. The van der Waals surface area contributed by atoms with E-state index in [0.717, 1.165) is 48.9 Å². The van der Waals surface area contributed by atoms with E-state index in [1.165, 1.54) is 0 Å². The number of halogens is 1. The second-order valence-electron chi connectivity index (χ2n) is 6.50. The average molecular weight is 374 g/mol. The molecule has 0 atom stereocenters. The van der Waals surface area contributed by atoms with Crippen LogP contribution in [0.4, 0.5) is 11.4 Å². The number of hydrogen-bond donors (Lipinski definition) is 1. The molecule has 0 spiro atoms. The highest BCUT2D eigenvalue weighted by Crippen LogP contribution is 2.34. The Morgan fingerprint density at radius 3 is 2.46 bits per heavy atom. The minimum Gasteiger partial charge on any atom is -0.497 e. The van der Waals surface area contributed by atoms with Crippen molar-refractivity contribution in [3.05, 3.63) is 53.1 Å². The Labute approximate surface area is 159 Å². The van der Waals surface area contributed by atoms with Crippen LogP contribution in [-0.2, 0) is 11.2 Å². The molecule has 26 heavy (non-hydrogen) atoms. The van der Waals surface area contributed by atoms with Crippen molar-refractivity contribution >= 4 is 28.9 Å². The van der Waals surface area contributed by atoms with Gasteiger partial charge >= 0.3 is 0 Å². The maximum atomic E-state index is 12.5. The number of benzene rings is 2. The van der Waals surface area contributed by atoms with Gasteiger partial charge in [0.15, 0.2) is 0 Å². The molecular formula is C20H24ClN3O2. The Bertz CT molecular complexity index is 756. The molecule has 1 amide bonds. The molecule has 0 aliphatic carbocycles. The number of nitrogens with zero attached hydrogens (tertiary/aromatic N) is 2. The number of carbonyl (C=O) groups excluding carboxylic acids is 1. The second kappa shape index (κ2) is 8.43. The van der Waals surface area contributed by atoms with Crippen LogP contribution < -0.4 is 15.0 Å². The molecule has 0 unspecified atom stereocenters. The van der Waals surface area contributed by atoms with Gasteiger partial charge in [-0.05, 0) is 36.9 Å². The summed E-state index contributed by atoms with van der Waals surface area (Å²) < 4.78 is 5.15. The topological polar surface area (TPSA) is 44.8 Å². The number of hydrogen-bond acceptors (Lipinski definition) is 4. The monoisotopic (exact) mass is 373 g/mol. The zero-order chi connectivity index (χ0) is 18.5. The Hall–Kier alpha value is -2.24. The van der Waals surface area contributed by atoms with E-state index in [1.807, 2.05) is 42.5 Å². The molecular weight excluding hydrogens is 350 g/mol. The van der Waals surface area contributed by atoms with Gasteiger partial charge in [-0.15, -0.1) is 0 Å². The van der Waals surface area contributed by atoms with Crippen LogP contribution in [0, 0.1) is 0 Å². The molecule has 2 aromatic rings. The summed E-state index contributed by atoms with van der Waals surface area (Å²) in [6.45, 7) is 3.73. The van der Waals surface area contributed by atoms with Crippen molar-refractivity contribution in [2.24, 2.45) is 0 Å². The third-order valence-electron chi connectivity index (χ3n) is 4.60. The van der Waals surface area contributed by atoms with E-state index in [-0.39, 0.29) is 5.91 Å². The Kier molecular flexibility index (Phi) is 6.01. The molecule has 1 N–H and O–H groups in total. The van der Waals surface area contributed by atoms with Gasteiger partial charge in [0, 0.05) is 26.2 Å². The van der Waals surface area contributed by atoms with Crippen LogP contribution >= 0.6 is 11.6 Å². The number of ether oxygens (including phenoxy) is 1. The fraction of sp³-hybridized carbons (Fsp3) is 0.350. The van der Waals surface area contributed by atoms with E-state index in [4.69, 9.17) is 16.3 Å². The van der Waals surface area contributed by atoms with Gasteiger partial charge in [0.1, 0.15) is 5.75 Å². The molecule has 138 valence electrons. The quantitative estimate of drug-likeness (QED) is 0.873. The number of methoxy groups -OCH3 is 1. The first-order valence-electron chi connectivity index (χ1n) is 8.71. The van der Waals surface area contributed by atoms with E-state index in [0.29, 0.717) is 11.4 Å². The fourth-order valence-electron chi connectivity index (χ4n) is 3.09. The van der Waals surface area contributed by atoms with E-state index in [9.17, 15) is 4.79 Å². The summed E-state index contributed by atoms with van der Waals surface area (Å²) in [4.78, 5) is 17.1. The van der Waals surface area contributed by atoms with E-state index in [2.05, 4.69) is 22.2 Å². The molecule has 5 nitrogen and oxygen atoms in total. The molecule has 1 aliphatic rings. The summed E-state index contributed by atoms with van der Waals surface area (Å²) in [6.07, 6.45) is 0.304.